The van der Waals surface area contributed by atoms with Gasteiger partial charge in [-0.25, -0.2) is 15.6 Å². The smallest absolute Gasteiger partial charge is 0.408 e. The zero-order chi connectivity index (χ0) is 30.1. The molecule has 0 spiro atoms. The van der Waals surface area contributed by atoms with Gasteiger partial charge in [-0.05, 0) is 91.3 Å². The standard InChI is InChI=1S/C34H55N5O3/c1-21(2)7-6-8-22(3)27-11-12-28-26-10-9-23-17-25(13-15-33(23,4)29(26)14-16-34(27,28)5)42-32(41)38-30(31(40)39-35)18-24-19-36-20-37-24/h9,19-22,25-30H,6-8,10-18,35H2,1-5H3,(H,36,37)(H,38,41)(H,39,40)/t22?,25-,26?,27+,28?,29?,30-,33-,34+/m0/s1. The van der Waals surface area contributed by atoms with Crippen molar-refractivity contribution < 1.29 is 14.3 Å². The van der Waals surface area contributed by atoms with Gasteiger partial charge in [-0.2, -0.15) is 0 Å². The molecule has 0 aromatic carbocycles. The Kier molecular flexibility index (Phi) is 9.41. The van der Waals surface area contributed by atoms with Crippen LogP contribution in [0.1, 0.15) is 111 Å². The summed E-state index contributed by atoms with van der Waals surface area (Å²) in [5, 5.41) is 2.72. The number of aromatic amines is 1. The van der Waals surface area contributed by atoms with E-state index in [1.165, 1.54) is 56.9 Å². The van der Waals surface area contributed by atoms with E-state index in [1.807, 2.05) is 0 Å². The Morgan fingerprint density at radius 3 is 2.64 bits per heavy atom. The highest BCUT2D eigenvalue weighted by atomic mass is 16.6. The van der Waals surface area contributed by atoms with Crippen molar-refractivity contribution in [2.75, 3.05) is 0 Å². The molecule has 8 nitrogen and oxygen atoms in total. The number of H-pyrrole nitrogens is 1. The van der Waals surface area contributed by atoms with Gasteiger partial charge in [0.2, 0.25) is 0 Å². The molecule has 8 heteroatoms. The van der Waals surface area contributed by atoms with E-state index < -0.39 is 18.0 Å². The first-order valence-corrected chi connectivity index (χ1v) is 16.7. The molecule has 42 heavy (non-hydrogen) atoms. The van der Waals surface area contributed by atoms with Crippen molar-refractivity contribution in [3.05, 3.63) is 29.9 Å². The van der Waals surface area contributed by atoms with Gasteiger partial charge in [-0.15, -0.1) is 0 Å². The number of nitrogens with zero attached hydrogens (tertiary/aromatic N) is 1. The topological polar surface area (TPSA) is 122 Å². The minimum atomic E-state index is -0.837. The molecule has 4 unspecified atom stereocenters. The third kappa shape index (κ3) is 6.15. The van der Waals surface area contributed by atoms with E-state index in [4.69, 9.17) is 10.6 Å². The highest BCUT2D eigenvalue weighted by molar-refractivity contribution is 5.85. The number of alkyl carbamates (subject to hydrolysis) is 1. The van der Waals surface area contributed by atoms with Gasteiger partial charge in [0, 0.05) is 24.7 Å². The molecule has 9 atom stereocenters. The number of carbonyl (C=O) groups is 2. The van der Waals surface area contributed by atoms with E-state index in [1.54, 1.807) is 12.5 Å². The SMILES string of the molecule is CC(C)CCCC(C)[C@H]1CCC2C3CC=C4C[C@@H](OC(=O)N[C@@H](Cc5cnc[nH]5)C(=O)NN)CC[C@]4(C)C3CC[C@@]21C. The average Bonchev–Trinajstić information content (AvgIpc) is 3.59. The second-order valence-corrected chi connectivity index (χ2v) is 15.0. The van der Waals surface area contributed by atoms with Gasteiger partial charge < -0.3 is 15.0 Å². The number of hydrazine groups is 1. The van der Waals surface area contributed by atoms with Gasteiger partial charge in [-0.3, -0.25) is 10.2 Å². The molecule has 2 amide bonds. The van der Waals surface area contributed by atoms with Crippen LogP contribution < -0.4 is 16.6 Å². The van der Waals surface area contributed by atoms with Crippen LogP contribution in [-0.4, -0.2) is 34.1 Å². The summed E-state index contributed by atoms with van der Waals surface area (Å²) in [7, 11) is 0. The first kappa shape index (κ1) is 31.1. The zero-order valence-corrected chi connectivity index (χ0v) is 26.6. The number of amides is 2. The highest BCUT2D eigenvalue weighted by Gasteiger charge is 2.59. The predicted octanol–water partition coefficient (Wildman–Crippen LogP) is 6.45. The van der Waals surface area contributed by atoms with E-state index in [-0.39, 0.29) is 17.9 Å². The van der Waals surface area contributed by atoms with Gasteiger partial charge in [-0.1, -0.05) is 65.5 Å². The summed E-state index contributed by atoms with van der Waals surface area (Å²) < 4.78 is 5.90. The number of nitrogens with two attached hydrogens (primary N) is 1. The number of allylic oxidation sites excluding steroid dienone is 1. The minimum absolute atomic E-state index is 0.175. The molecule has 1 aromatic heterocycles. The lowest BCUT2D eigenvalue weighted by Crippen LogP contribution is -2.52. The van der Waals surface area contributed by atoms with Crippen LogP contribution in [0.2, 0.25) is 0 Å². The number of ether oxygens (including phenoxy) is 1. The molecule has 234 valence electrons. The number of imidazole rings is 1. The fourth-order valence-corrected chi connectivity index (χ4v) is 10.0. The number of rotatable bonds is 10. The summed E-state index contributed by atoms with van der Waals surface area (Å²) in [6, 6.07) is -0.837. The van der Waals surface area contributed by atoms with Crippen LogP contribution in [0, 0.1) is 46.3 Å². The first-order valence-electron chi connectivity index (χ1n) is 16.7. The molecule has 4 aliphatic rings. The van der Waals surface area contributed by atoms with E-state index >= 15 is 0 Å². The lowest BCUT2D eigenvalue weighted by molar-refractivity contribution is -0.123. The molecule has 0 bridgehead atoms. The Labute approximate surface area is 252 Å². The third-order valence-corrected chi connectivity index (χ3v) is 12.3. The van der Waals surface area contributed by atoms with Crippen molar-refractivity contribution in [2.24, 2.45) is 52.2 Å². The average molecular weight is 582 g/mol. The molecule has 1 aromatic rings. The quantitative estimate of drug-likeness (QED) is 0.110. The summed E-state index contributed by atoms with van der Waals surface area (Å²) in [6.45, 7) is 12.4. The zero-order valence-electron chi connectivity index (χ0n) is 26.6. The molecule has 0 radical (unpaired) electrons. The summed E-state index contributed by atoms with van der Waals surface area (Å²) in [4.78, 5) is 32.1. The van der Waals surface area contributed by atoms with Crippen LogP contribution in [0.3, 0.4) is 0 Å². The number of hydrogen-bond acceptors (Lipinski definition) is 5. The minimum Gasteiger partial charge on any atom is -0.446 e. The largest absolute Gasteiger partial charge is 0.446 e. The molecule has 1 heterocycles. The van der Waals surface area contributed by atoms with E-state index in [0.29, 0.717) is 5.41 Å². The molecule has 0 saturated heterocycles. The summed E-state index contributed by atoms with van der Waals surface area (Å²) >= 11 is 0. The van der Waals surface area contributed by atoms with E-state index in [2.05, 4.69) is 61.4 Å². The van der Waals surface area contributed by atoms with Crippen LogP contribution >= 0.6 is 0 Å². The Morgan fingerprint density at radius 1 is 1.12 bits per heavy atom. The summed E-state index contributed by atoms with van der Waals surface area (Å²) in [5.41, 5.74) is 5.05. The maximum atomic E-state index is 12.9. The van der Waals surface area contributed by atoms with Crippen molar-refractivity contribution in [1.29, 1.82) is 0 Å². The first-order chi connectivity index (χ1) is 20.0. The number of carbonyl (C=O) groups excluding carboxylic acids is 2. The van der Waals surface area contributed by atoms with Gasteiger partial charge >= 0.3 is 6.09 Å². The number of hydrogen-bond donors (Lipinski definition) is 4. The van der Waals surface area contributed by atoms with Crippen molar-refractivity contribution >= 4 is 12.0 Å². The fourth-order valence-electron chi connectivity index (χ4n) is 10.0. The van der Waals surface area contributed by atoms with Crippen LogP contribution in [0.5, 0.6) is 0 Å². The Balaban J connectivity index is 1.20. The van der Waals surface area contributed by atoms with Crippen LogP contribution in [0.25, 0.3) is 0 Å². The molecule has 5 rings (SSSR count). The van der Waals surface area contributed by atoms with Gasteiger partial charge in [0.05, 0.1) is 6.33 Å². The van der Waals surface area contributed by atoms with Crippen molar-refractivity contribution in [1.82, 2.24) is 20.7 Å². The second kappa shape index (κ2) is 12.7. The monoisotopic (exact) mass is 581 g/mol. The predicted molar refractivity (Wildman–Crippen MR) is 165 cm³/mol. The molecule has 0 aliphatic heterocycles. The fraction of sp³-hybridized carbons (Fsp3) is 0.794. The lowest BCUT2D eigenvalue weighted by Gasteiger charge is -2.58. The Bertz CT molecular complexity index is 1120. The molecule has 3 saturated carbocycles. The van der Waals surface area contributed by atoms with E-state index in [9.17, 15) is 9.59 Å². The molecule has 4 aliphatic carbocycles. The van der Waals surface area contributed by atoms with Gasteiger partial charge in [0.15, 0.2) is 0 Å². The number of aromatic nitrogens is 2. The highest BCUT2D eigenvalue weighted by Crippen LogP contribution is 2.67. The van der Waals surface area contributed by atoms with Crippen molar-refractivity contribution in [3.63, 3.8) is 0 Å². The Morgan fingerprint density at radius 2 is 1.93 bits per heavy atom. The van der Waals surface area contributed by atoms with Crippen LogP contribution in [-0.2, 0) is 16.0 Å². The van der Waals surface area contributed by atoms with Crippen LogP contribution in [0.4, 0.5) is 4.79 Å². The number of nitrogens with one attached hydrogen (secondary N) is 3. The lowest BCUT2D eigenvalue weighted by atomic mass is 9.47. The van der Waals surface area contributed by atoms with Gasteiger partial charge in [0.25, 0.3) is 5.91 Å². The Hall–Kier alpha value is -2.35. The third-order valence-electron chi connectivity index (χ3n) is 12.3. The maximum absolute atomic E-state index is 12.9. The molecule has 3 fully saturated rings. The molecular weight excluding hydrogens is 526 g/mol. The van der Waals surface area contributed by atoms with Crippen molar-refractivity contribution in [3.8, 4) is 0 Å². The normalized spacial score (nSPS) is 35.3. The summed E-state index contributed by atoms with van der Waals surface area (Å²) in [5.74, 6) is 9.75. The second-order valence-electron chi connectivity index (χ2n) is 15.0. The number of fused-ring (bicyclic) bond motifs is 5. The van der Waals surface area contributed by atoms with Gasteiger partial charge in [0.1, 0.15) is 12.1 Å². The van der Waals surface area contributed by atoms with Crippen molar-refractivity contribution in [2.45, 2.75) is 124 Å². The van der Waals surface area contributed by atoms with E-state index in [0.717, 1.165) is 60.5 Å². The van der Waals surface area contributed by atoms with Crippen LogP contribution in [0.15, 0.2) is 24.2 Å². The molecule has 5 N–H and O–H groups in total. The maximum Gasteiger partial charge on any atom is 0.408 e. The summed E-state index contributed by atoms with van der Waals surface area (Å²) in [6.07, 6.45) is 18.7. The molecular formula is C34H55N5O3.